The average molecular weight is 360 g/mol. The molecule has 1 aliphatic carbocycles. The molecule has 0 aromatic heterocycles. The number of benzene rings is 1. The lowest BCUT2D eigenvalue weighted by Gasteiger charge is -2.25. The Kier molecular flexibility index (Phi) is 6.68. The Morgan fingerprint density at radius 3 is 2.35 bits per heavy atom. The Labute approximate surface area is 157 Å². The molecule has 0 bridgehead atoms. The topological polar surface area (TPSA) is 61.4 Å². The van der Waals surface area contributed by atoms with Gasteiger partial charge in [0.1, 0.15) is 0 Å². The fraction of sp³-hybridized carbons (Fsp3) is 0.619. The molecule has 0 spiro atoms. The van der Waals surface area contributed by atoms with Gasteiger partial charge in [0.05, 0.1) is 5.56 Å². The summed E-state index contributed by atoms with van der Waals surface area (Å²) in [5.74, 6) is -0.0961. The smallest absolute Gasteiger partial charge is 0.253 e. The number of carbonyl (C=O) groups excluding carboxylic acids is 2. The van der Waals surface area contributed by atoms with Crippen molar-refractivity contribution in [2.24, 2.45) is 5.41 Å². The summed E-state index contributed by atoms with van der Waals surface area (Å²) in [5.41, 5.74) is 2.05. The molecule has 0 heterocycles. The van der Waals surface area contributed by atoms with Crippen LogP contribution in [0.4, 0.5) is 11.4 Å². The van der Waals surface area contributed by atoms with Gasteiger partial charge in [-0.2, -0.15) is 0 Å². The first kappa shape index (κ1) is 20.3. The van der Waals surface area contributed by atoms with Crippen molar-refractivity contribution in [3.63, 3.8) is 0 Å². The molecule has 144 valence electrons. The molecule has 2 rings (SSSR count). The van der Waals surface area contributed by atoms with Crippen molar-refractivity contribution in [2.75, 3.05) is 24.3 Å². The Hall–Kier alpha value is -2.04. The van der Waals surface area contributed by atoms with Crippen LogP contribution in [0.25, 0.3) is 0 Å². The van der Waals surface area contributed by atoms with Crippen LogP contribution in [0, 0.1) is 5.41 Å². The summed E-state index contributed by atoms with van der Waals surface area (Å²) in [5, 5.41) is 6.10. The molecule has 0 unspecified atom stereocenters. The second-order valence-corrected chi connectivity index (χ2v) is 8.72. The van der Waals surface area contributed by atoms with Gasteiger partial charge in [0, 0.05) is 37.9 Å². The van der Waals surface area contributed by atoms with Crippen molar-refractivity contribution in [3.8, 4) is 0 Å². The highest BCUT2D eigenvalue weighted by Gasteiger charge is 2.21. The maximum atomic E-state index is 12.9. The highest BCUT2D eigenvalue weighted by molar-refractivity contribution is 6.02. The number of hydrogen-bond donors (Lipinski definition) is 2. The van der Waals surface area contributed by atoms with Crippen molar-refractivity contribution < 1.29 is 9.59 Å². The zero-order valence-corrected chi connectivity index (χ0v) is 16.8. The second-order valence-electron chi connectivity index (χ2n) is 8.72. The Balaban J connectivity index is 2.16. The minimum absolute atomic E-state index is 0.0336. The van der Waals surface area contributed by atoms with E-state index in [1.54, 1.807) is 6.07 Å². The largest absolute Gasteiger partial charge is 0.377 e. The Morgan fingerprint density at radius 2 is 1.77 bits per heavy atom. The fourth-order valence-electron chi connectivity index (χ4n) is 3.38. The quantitative estimate of drug-likeness (QED) is 0.829. The SMILES string of the molecule is CN(C)c1ccc(NC(=O)CC(C)(C)C)cc1C(=O)NC1CCCCC1. The lowest BCUT2D eigenvalue weighted by molar-refractivity contribution is -0.117. The van der Waals surface area contributed by atoms with E-state index in [1.165, 1.54) is 19.3 Å². The van der Waals surface area contributed by atoms with Crippen LogP contribution in [0.15, 0.2) is 18.2 Å². The first-order chi connectivity index (χ1) is 12.2. The summed E-state index contributed by atoms with van der Waals surface area (Å²) in [6, 6.07) is 5.79. The van der Waals surface area contributed by atoms with Crippen LogP contribution >= 0.6 is 0 Å². The van der Waals surface area contributed by atoms with Gasteiger partial charge in [0.25, 0.3) is 5.91 Å². The normalized spacial score (nSPS) is 15.4. The van der Waals surface area contributed by atoms with Crippen molar-refractivity contribution in [1.82, 2.24) is 5.32 Å². The van der Waals surface area contributed by atoms with Crippen LogP contribution < -0.4 is 15.5 Å². The summed E-state index contributed by atoms with van der Waals surface area (Å²) in [6.45, 7) is 6.10. The summed E-state index contributed by atoms with van der Waals surface area (Å²) in [7, 11) is 3.84. The zero-order chi connectivity index (χ0) is 19.3. The van der Waals surface area contributed by atoms with E-state index < -0.39 is 0 Å². The van der Waals surface area contributed by atoms with Gasteiger partial charge in [-0.15, -0.1) is 0 Å². The third-order valence-corrected chi connectivity index (χ3v) is 4.64. The molecule has 2 amide bonds. The molecule has 5 nitrogen and oxygen atoms in total. The molecule has 1 aromatic rings. The van der Waals surface area contributed by atoms with Crippen molar-refractivity contribution in [2.45, 2.75) is 65.3 Å². The lowest BCUT2D eigenvalue weighted by atomic mass is 9.92. The molecular weight excluding hydrogens is 326 g/mol. The van der Waals surface area contributed by atoms with Crippen molar-refractivity contribution in [1.29, 1.82) is 0 Å². The number of nitrogens with zero attached hydrogens (tertiary/aromatic N) is 1. The molecule has 0 radical (unpaired) electrons. The molecule has 0 atom stereocenters. The average Bonchev–Trinajstić information content (AvgIpc) is 2.53. The van der Waals surface area contributed by atoms with Gasteiger partial charge in [-0.25, -0.2) is 0 Å². The van der Waals surface area contributed by atoms with E-state index in [1.807, 2.05) is 51.9 Å². The summed E-state index contributed by atoms with van der Waals surface area (Å²) in [6.07, 6.45) is 6.13. The van der Waals surface area contributed by atoms with Gasteiger partial charge >= 0.3 is 0 Å². The highest BCUT2D eigenvalue weighted by atomic mass is 16.2. The number of anilines is 2. The number of rotatable bonds is 5. The summed E-state index contributed by atoms with van der Waals surface area (Å²) < 4.78 is 0. The van der Waals surface area contributed by atoms with E-state index in [9.17, 15) is 9.59 Å². The molecule has 0 saturated heterocycles. The standard InChI is InChI=1S/C21H33N3O2/c1-21(2,3)14-19(25)22-16-11-12-18(24(4)5)17(13-16)20(26)23-15-9-7-6-8-10-15/h11-13,15H,6-10,14H2,1-5H3,(H,22,25)(H,23,26). The molecular formula is C21H33N3O2. The third-order valence-electron chi connectivity index (χ3n) is 4.64. The van der Waals surface area contributed by atoms with Gasteiger partial charge < -0.3 is 15.5 Å². The van der Waals surface area contributed by atoms with E-state index >= 15 is 0 Å². The molecule has 5 heteroatoms. The first-order valence-electron chi connectivity index (χ1n) is 9.58. The predicted molar refractivity (Wildman–Crippen MR) is 108 cm³/mol. The van der Waals surface area contributed by atoms with Crippen LogP contribution in [0.5, 0.6) is 0 Å². The first-order valence-corrected chi connectivity index (χ1v) is 9.58. The minimum Gasteiger partial charge on any atom is -0.377 e. The summed E-state index contributed by atoms with van der Waals surface area (Å²) >= 11 is 0. The van der Waals surface area contributed by atoms with E-state index in [0.717, 1.165) is 18.5 Å². The number of carbonyl (C=O) groups is 2. The van der Waals surface area contributed by atoms with Crippen LogP contribution in [0.3, 0.4) is 0 Å². The van der Waals surface area contributed by atoms with E-state index in [-0.39, 0.29) is 23.3 Å². The van der Waals surface area contributed by atoms with Crippen molar-refractivity contribution in [3.05, 3.63) is 23.8 Å². The van der Waals surface area contributed by atoms with Gasteiger partial charge in [-0.1, -0.05) is 40.0 Å². The molecule has 0 aliphatic heterocycles. The molecule has 2 N–H and O–H groups in total. The fourth-order valence-corrected chi connectivity index (χ4v) is 3.38. The van der Waals surface area contributed by atoms with Gasteiger partial charge in [-0.05, 0) is 36.5 Å². The zero-order valence-electron chi connectivity index (χ0n) is 16.8. The third kappa shape index (κ3) is 6.04. The highest BCUT2D eigenvalue weighted by Crippen LogP contribution is 2.26. The van der Waals surface area contributed by atoms with Gasteiger partial charge in [0.15, 0.2) is 0 Å². The molecule has 1 aliphatic rings. The van der Waals surface area contributed by atoms with Gasteiger partial charge in [0.2, 0.25) is 5.91 Å². The van der Waals surface area contributed by atoms with Gasteiger partial charge in [-0.3, -0.25) is 9.59 Å². The van der Waals surface area contributed by atoms with E-state index in [4.69, 9.17) is 0 Å². The van der Waals surface area contributed by atoms with E-state index in [0.29, 0.717) is 17.7 Å². The minimum atomic E-state index is -0.0746. The van der Waals surface area contributed by atoms with Crippen LogP contribution in [0.1, 0.15) is 69.7 Å². The molecule has 1 saturated carbocycles. The van der Waals surface area contributed by atoms with Crippen LogP contribution in [-0.2, 0) is 4.79 Å². The summed E-state index contributed by atoms with van der Waals surface area (Å²) in [4.78, 5) is 27.0. The molecule has 1 fully saturated rings. The Bertz CT molecular complexity index is 641. The molecule has 26 heavy (non-hydrogen) atoms. The maximum absolute atomic E-state index is 12.9. The van der Waals surface area contributed by atoms with Crippen LogP contribution in [-0.4, -0.2) is 32.0 Å². The predicted octanol–water partition coefficient (Wildman–Crippen LogP) is 4.19. The number of hydrogen-bond acceptors (Lipinski definition) is 3. The van der Waals surface area contributed by atoms with Crippen LogP contribution in [0.2, 0.25) is 0 Å². The van der Waals surface area contributed by atoms with E-state index in [2.05, 4.69) is 10.6 Å². The maximum Gasteiger partial charge on any atom is 0.253 e. The Morgan fingerprint density at radius 1 is 1.12 bits per heavy atom. The second kappa shape index (κ2) is 8.56. The number of nitrogens with one attached hydrogen (secondary N) is 2. The monoisotopic (exact) mass is 359 g/mol. The lowest BCUT2D eigenvalue weighted by Crippen LogP contribution is -2.36. The van der Waals surface area contributed by atoms with Crippen molar-refractivity contribution >= 4 is 23.2 Å². The molecule has 1 aromatic carbocycles. The number of amides is 2.